The molecule has 2 nitrogen and oxygen atoms in total. The van der Waals surface area contributed by atoms with Crippen LogP contribution in [0.1, 0.15) is 25.1 Å². The Morgan fingerprint density at radius 3 is 2.56 bits per heavy atom. The lowest BCUT2D eigenvalue weighted by Gasteiger charge is -2.11. The summed E-state index contributed by atoms with van der Waals surface area (Å²) in [4.78, 5) is 0.632. The second-order valence-electron chi connectivity index (χ2n) is 4.84. The van der Waals surface area contributed by atoms with Crippen LogP contribution in [0.15, 0.2) is 29.6 Å². The van der Waals surface area contributed by atoms with Crippen LogP contribution in [-0.4, -0.2) is 4.57 Å². The maximum atomic E-state index is 7.95. The molecule has 0 saturated carbocycles. The standard InChI is InChI=1S/C14H17ClN2S/c1-10(2)8-17-13(9-18-14(17)16)7-11-3-5-12(15)6-4-11/h3-6,9-10,16H,7-8H2,1-2H3. The molecule has 0 unspecified atom stereocenters. The lowest BCUT2D eigenvalue weighted by Crippen LogP contribution is -2.19. The second-order valence-corrected chi connectivity index (χ2v) is 6.13. The van der Waals surface area contributed by atoms with Gasteiger partial charge >= 0.3 is 0 Å². The van der Waals surface area contributed by atoms with E-state index in [1.54, 1.807) is 0 Å². The van der Waals surface area contributed by atoms with Crippen molar-refractivity contribution in [2.24, 2.45) is 5.92 Å². The highest BCUT2D eigenvalue weighted by atomic mass is 35.5. The Labute approximate surface area is 116 Å². The number of halogens is 1. The van der Waals surface area contributed by atoms with E-state index in [1.807, 2.05) is 24.3 Å². The number of nitrogens with one attached hydrogen (secondary N) is 1. The van der Waals surface area contributed by atoms with E-state index in [1.165, 1.54) is 22.6 Å². The van der Waals surface area contributed by atoms with Crippen LogP contribution < -0.4 is 4.80 Å². The van der Waals surface area contributed by atoms with Gasteiger partial charge in [-0.1, -0.05) is 37.6 Å². The van der Waals surface area contributed by atoms with Crippen molar-refractivity contribution in [2.75, 3.05) is 0 Å². The van der Waals surface area contributed by atoms with Gasteiger partial charge in [0.25, 0.3) is 0 Å². The number of nitrogens with zero attached hydrogens (tertiary/aromatic N) is 1. The number of benzene rings is 1. The first kappa shape index (κ1) is 13.4. The fraction of sp³-hybridized carbons (Fsp3) is 0.357. The summed E-state index contributed by atoms with van der Waals surface area (Å²) in [6, 6.07) is 7.92. The minimum atomic E-state index is 0.553. The van der Waals surface area contributed by atoms with Crippen LogP contribution >= 0.6 is 22.9 Å². The van der Waals surface area contributed by atoms with Gasteiger partial charge in [-0.15, -0.1) is 11.3 Å². The smallest absolute Gasteiger partial charge is 0.182 e. The Morgan fingerprint density at radius 1 is 1.28 bits per heavy atom. The molecule has 18 heavy (non-hydrogen) atoms. The van der Waals surface area contributed by atoms with Gasteiger partial charge in [0.2, 0.25) is 0 Å². The molecule has 0 aliphatic rings. The summed E-state index contributed by atoms with van der Waals surface area (Å²) in [5.41, 5.74) is 2.44. The fourth-order valence-corrected chi connectivity index (χ4v) is 2.80. The van der Waals surface area contributed by atoms with E-state index in [4.69, 9.17) is 17.0 Å². The second kappa shape index (κ2) is 5.72. The molecule has 4 heteroatoms. The molecule has 0 amide bonds. The molecule has 1 N–H and O–H groups in total. The van der Waals surface area contributed by atoms with E-state index in [0.29, 0.717) is 10.7 Å². The maximum absolute atomic E-state index is 7.95. The number of hydrogen-bond acceptors (Lipinski definition) is 2. The normalized spacial score (nSPS) is 11.1. The highest BCUT2D eigenvalue weighted by Gasteiger charge is 2.07. The van der Waals surface area contributed by atoms with E-state index in [0.717, 1.165) is 18.0 Å². The molecule has 0 radical (unpaired) electrons. The predicted octanol–water partition coefficient (Wildman–Crippen LogP) is 3.93. The Bertz CT molecular complexity index is 566. The van der Waals surface area contributed by atoms with Gasteiger partial charge in [-0.25, -0.2) is 0 Å². The third-order valence-corrected chi connectivity index (χ3v) is 3.83. The van der Waals surface area contributed by atoms with Crippen molar-refractivity contribution >= 4 is 22.9 Å². The van der Waals surface area contributed by atoms with Gasteiger partial charge in [0.15, 0.2) is 4.80 Å². The van der Waals surface area contributed by atoms with Gasteiger partial charge in [-0.3, -0.25) is 5.41 Å². The van der Waals surface area contributed by atoms with Gasteiger partial charge < -0.3 is 4.57 Å². The van der Waals surface area contributed by atoms with Crippen molar-refractivity contribution in [3.8, 4) is 0 Å². The third-order valence-electron chi connectivity index (χ3n) is 2.74. The zero-order chi connectivity index (χ0) is 13.1. The molecule has 0 atom stereocenters. The van der Waals surface area contributed by atoms with Crippen molar-refractivity contribution in [2.45, 2.75) is 26.8 Å². The largest absolute Gasteiger partial charge is 0.321 e. The molecule has 0 fully saturated rings. The van der Waals surface area contributed by atoms with Crippen molar-refractivity contribution in [3.05, 3.63) is 50.7 Å². The molecule has 0 saturated heterocycles. The number of aromatic nitrogens is 1. The van der Waals surface area contributed by atoms with E-state index in [-0.39, 0.29) is 0 Å². The average molecular weight is 281 g/mol. The molecular weight excluding hydrogens is 264 g/mol. The van der Waals surface area contributed by atoms with Gasteiger partial charge in [-0.05, 0) is 23.6 Å². The highest BCUT2D eigenvalue weighted by Crippen LogP contribution is 2.15. The molecule has 0 spiro atoms. The highest BCUT2D eigenvalue weighted by molar-refractivity contribution is 7.07. The minimum Gasteiger partial charge on any atom is -0.321 e. The summed E-state index contributed by atoms with van der Waals surface area (Å²) in [6.07, 6.45) is 0.860. The maximum Gasteiger partial charge on any atom is 0.182 e. The minimum absolute atomic E-state index is 0.553. The molecular formula is C14H17ClN2S. The van der Waals surface area contributed by atoms with Crippen LogP contribution in [0.3, 0.4) is 0 Å². The third kappa shape index (κ3) is 3.24. The van der Waals surface area contributed by atoms with Crippen LogP contribution in [0.5, 0.6) is 0 Å². The van der Waals surface area contributed by atoms with Crippen molar-refractivity contribution in [1.29, 1.82) is 5.41 Å². The number of hydrogen-bond donors (Lipinski definition) is 1. The van der Waals surface area contributed by atoms with Crippen molar-refractivity contribution < 1.29 is 0 Å². The average Bonchev–Trinajstić information content (AvgIpc) is 2.64. The van der Waals surface area contributed by atoms with Crippen LogP contribution in [0.2, 0.25) is 5.02 Å². The Morgan fingerprint density at radius 2 is 1.94 bits per heavy atom. The Balaban J connectivity index is 2.23. The first-order valence-corrected chi connectivity index (χ1v) is 7.28. The Hall–Kier alpha value is -1.06. The summed E-state index contributed by atoms with van der Waals surface area (Å²) in [6.45, 7) is 5.26. The lowest BCUT2D eigenvalue weighted by molar-refractivity contribution is 0.500. The molecule has 96 valence electrons. The van der Waals surface area contributed by atoms with Gasteiger partial charge in [0.05, 0.1) is 0 Å². The summed E-state index contributed by atoms with van der Waals surface area (Å²) in [5.74, 6) is 0.553. The predicted molar refractivity (Wildman–Crippen MR) is 77.3 cm³/mol. The summed E-state index contributed by atoms with van der Waals surface area (Å²) in [5, 5.41) is 10.8. The summed E-state index contributed by atoms with van der Waals surface area (Å²) >= 11 is 7.38. The van der Waals surface area contributed by atoms with E-state index >= 15 is 0 Å². The molecule has 2 aromatic rings. The number of thiazole rings is 1. The molecule has 2 rings (SSSR count). The zero-order valence-electron chi connectivity index (χ0n) is 10.6. The topological polar surface area (TPSA) is 28.8 Å². The summed E-state index contributed by atoms with van der Waals surface area (Å²) in [7, 11) is 0. The summed E-state index contributed by atoms with van der Waals surface area (Å²) < 4.78 is 2.10. The molecule has 0 aliphatic heterocycles. The fourth-order valence-electron chi connectivity index (χ4n) is 1.90. The van der Waals surface area contributed by atoms with Crippen LogP contribution in [0.25, 0.3) is 0 Å². The quantitative estimate of drug-likeness (QED) is 0.879. The molecule has 0 bridgehead atoms. The lowest BCUT2D eigenvalue weighted by atomic mass is 10.1. The molecule has 1 heterocycles. The Kier molecular flexibility index (Phi) is 4.25. The first-order chi connectivity index (χ1) is 8.56. The first-order valence-electron chi connectivity index (χ1n) is 6.02. The van der Waals surface area contributed by atoms with Crippen molar-refractivity contribution in [3.63, 3.8) is 0 Å². The van der Waals surface area contributed by atoms with Crippen LogP contribution in [0, 0.1) is 11.3 Å². The van der Waals surface area contributed by atoms with Gasteiger partial charge in [-0.2, -0.15) is 0 Å². The van der Waals surface area contributed by atoms with E-state index < -0.39 is 0 Å². The van der Waals surface area contributed by atoms with Gasteiger partial charge in [0.1, 0.15) is 0 Å². The van der Waals surface area contributed by atoms with Gasteiger partial charge in [0, 0.05) is 29.1 Å². The van der Waals surface area contributed by atoms with Crippen molar-refractivity contribution in [1.82, 2.24) is 4.57 Å². The zero-order valence-corrected chi connectivity index (χ0v) is 12.2. The molecule has 1 aromatic heterocycles. The van der Waals surface area contributed by atoms with E-state index in [2.05, 4.69) is 23.8 Å². The monoisotopic (exact) mass is 280 g/mol. The van der Waals surface area contributed by atoms with E-state index in [9.17, 15) is 0 Å². The number of rotatable bonds is 4. The molecule has 1 aromatic carbocycles. The molecule has 0 aliphatic carbocycles. The van der Waals surface area contributed by atoms with Crippen LogP contribution in [-0.2, 0) is 13.0 Å². The SMILES string of the molecule is CC(C)Cn1c(Cc2ccc(Cl)cc2)csc1=N. The van der Waals surface area contributed by atoms with Crippen LogP contribution in [0.4, 0.5) is 0 Å².